The molecule has 0 atom stereocenters. The Kier molecular flexibility index (Phi) is 4.71. The van der Waals surface area contributed by atoms with Crippen molar-refractivity contribution < 1.29 is 14.6 Å². The minimum Gasteiger partial charge on any atom is -0.507 e. The Labute approximate surface area is 130 Å². The number of ether oxygens (including phenoxy) is 1. The highest BCUT2D eigenvalue weighted by atomic mass is 16.6. The van der Waals surface area contributed by atoms with Crippen LogP contribution in [-0.2, 0) is 11.3 Å². The number of amides is 1. The van der Waals surface area contributed by atoms with Crippen molar-refractivity contribution in [3.63, 3.8) is 0 Å². The molecule has 0 saturated carbocycles. The molecular formula is C18H21NO3. The average molecular weight is 299 g/mol. The van der Waals surface area contributed by atoms with E-state index in [-0.39, 0.29) is 5.75 Å². The molecule has 4 heteroatoms. The first-order valence-corrected chi connectivity index (χ1v) is 7.19. The molecule has 22 heavy (non-hydrogen) atoms. The standard InChI is InChI=1S/C18H21NO3/c1-18(2,3)22-17(21)19-12-13-9-10-15(16(20)11-13)14-7-5-4-6-8-14/h4-11,20H,12H2,1-3H3,(H,19,21). The first kappa shape index (κ1) is 15.9. The Hall–Kier alpha value is -2.49. The molecule has 4 nitrogen and oxygen atoms in total. The number of carbonyl (C=O) groups excluding carboxylic acids is 1. The molecule has 0 spiro atoms. The molecule has 0 radical (unpaired) electrons. The van der Waals surface area contributed by atoms with E-state index in [0.29, 0.717) is 6.54 Å². The Morgan fingerprint density at radius 3 is 2.41 bits per heavy atom. The van der Waals surface area contributed by atoms with E-state index in [2.05, 4.69) is 5.32 Å². The Bertz CT molecular complexity index is 645. The highest BCUT2D eigenvalue weighted by molar-refractivity contribution is 5.71. The van der Waals surface area contributed by atoms with Gasteiger partial charge >= 0.3 is 6.09 Å². The van der Waals surface area contributed by atoms with Gasteiger partial charge in [0.1, 0.15) is 11.4 Å². The molecule has 0 aromatic heterocycles. The first-order valence-electron chi connectivity index (χ1n) is 7.19. The van der Waals surface area contributed by atoms with Crippen LogP contribution in [0.4, 0.5) is 4.79 Å². The van der Waals surface area contributed by atoms with Gasteiger partial charge in [-0.2, -0.15) is 0 Å². The summed E-state index contributed by atoms with van der Waals surface area (Å²) in [5, 5.41) is 12.8. The topological polar surface area (TPSA) is 58.6 Å². The van der Waals surface area contributed by atoms with Gasteiger partial charge in [-0.1, -0.05) is 42.5 Å². The van der Waals surface area contributed by atoms with Crippen molar-refractivity contribution in [1.82, 2.24) is 5.32 Å². The Morgan fingerprint density at radius 2 is 1.82 bits per heavy atom. The fraction of sp³-hybridized carbons (Fsp3) is 0.278. The molecule has 0 heterocycles. The molecule has 2 aromatic rings. The quantitative estimate of drug-likeness (QED) is 0.897. The predicted molar refractivity (Wildman–Crippen MR) is 86.6 cm³/mol. The van der Waals surface area contributed by atoms with Crippen LogP contribution >= 0.6 is 0 Å². The van der Waals surface area contributed by atoms with Crippen LogP contribution in [0.2, 0.25) is 0 Å². The molecule has 2 N–H and O–H groups in total. The van der Waals surface area contributed by atoms with Gasteiger partial charge in [-0.05, 0) is 38.0 Å². The summed E-state index contributed by atoms with van der Waals surface area (Å²) < 4.78 is 5.17. The van der Waals surface area contributed by atoms with Gasteiger partial charge in [0.15, 0.2) is 0 Å². The van der Waals surface area contributed by atoms with Crippen LogP contribution < -0.4 is 5.32 Å². The van der Waals surface area contributed by atoms with Crippen LogP contribution in [-0.4, -0.2) is 16.8 Å². The normalized spacial score (nSPS) is 11.0. The number of hydrogen-bond donors (Lipinski definition) is 2. The van der Waals surface area contributed by atoms with Crippen molar-refractivity contribution in [2.75, 3.05) is 0 Å². The second-order valence-electron chi connectivity index (χ2n) is 6.07. The number of benzene rings is 2. The van der Waals surface area contributed by atoms with Gasteiger partial charge in [-0.3, -0.25) is 0 Å². The number of nitrogens with one attached hydrogen (secondary N) is 1. The minimum absolute atomic E-state index is 0.190. The van der Waals surface area contributed by atoms with E-state index in [1.54, 1.807) is 6.07 Å². The smallest absolute Gasteiger partial charge is 0.407 e. The third-order valence-electron chi connectivity index (χ3n) is 2.98. The largest absolute Gasteiger partial charge is 0.507 e. The van der Waals surface area contributed by atoms with Crippen molar-refractivity contribution in [2.45, 2.75) is 32.9 Å². The molecule has 116 valence electrons. The van der Waals surface area contributed by atoms with Crippen molar-refractivity contribution >= 4 is 6.09 Å². The third kappa shape index (κ3) is 4.52. The average Bonchev–Trinajstić information content (AvgIpc) is 2.44. The van der Waals surface area contributed by atoms with Gasteiger partial charge in [-0.15, -0.1) is 0 Å². The molecule has 0 aliphatic carbocycles. The van der Waals surface area contributed by atoms with Crippen LogP contribution in [0.15, 0.2) is 48.5 Å². The molecule has 0 unspecified atom stereocenters. The fourth-order valence-corrected chi connectivity index (χ4v) is 2.04. The Morgan fingerprint density at radius 1 is 1.14 bits per heavy atom. The zero-order valence-corrected chi connectivity index (χ0v) is 13.1. The summed E-state index contributed by atoms with van der Waals surface area (Å²) in [5.74, 6) is 0.190. The molecular weight excluding hydrogens is 278 g/mol. The van der Waals surface area contributed by atoms with E-state index in [0.717, 1.165) is 16.7 Å². The van der Waals surface area contributed by atoms with Crippen molar-refractivity contribution in [3.8, 4) is 16.9 Å². The molecule has 0 aliphatic rings. The summed E-state index contributed by atoms with van der Waals surface area (Å²) in [6, 6.07) is 15.0. The third-order valence-corrected chi connectivity index (χ3v) is 2.98. The summed E-state index contributed by atoms with van der Waals surface area (Å²) >= 11 is 0. The lowest BCUT2D eigenvalue weighted by atomic mass is 10.0. The molecule has 2 rings (SSSR count). The Balaban J connectivity index is 2.03. The highest BCUT2D eigenvalue weighted by Gasteiger charge is 2.15. The van der Waals surface area contributed by atoms with E-state index in [9.17, 15) is 9.90 Å². The van der Waals surface area contributed by atoms with E-state index in [4.69, 9.17) is 4.74 Å². The van der Waals surface area contributed by atoms with Crippen LogP contribution in [0.25, 0.3) is 11.1 Å². The lowest BCUT2D eigenvalue weighted by Gasteiger charge is -2.19. The van der Waals surface area contributed by atoms with Gasteiger partial charge in [0, 0.05) is 12.1 Å². The summed E-state index contributed by atoms with van der Waals surface area (Å²) in [4.78, 5) is 11.6. The number of phenols is 1. The zero-order valence-electron chi connectivity index (χ0n) is 13.1. The second kappa shape index (κ2) is 6.52. The summed E-state index contributed by atoms with van der Waals surface area (Å²) in [5.41, 5.74) is 2.00. The van der Waals surface area contributed by atoms with E-state index >= 15 is 0 Å². The fourth-order valence-electron chi connectivity index (χ4n) is 2.04. The van der Waals surface area contributed by atoms with Crippen molar-refractivity contribution in [1.29, 1.82) is 0 Å². The van der Waals surface area contributed by atoms with Gasteiger partial charge in [0.05, 0.1) is 0 Å². The zero-order chi connectivity index (χ0) is 16.2. The molecule has 0 fully saturated rings. The molecule has 2 aromatic carbocycles. The van der Waals surface area contributed by atoms with Crippen LogP contribution in [0.3, 0.4) is 0 Å². The molecule has 0 saturated heterocycles. The maximum atomic E-state index is 11.6. The number of rotatable bonds is 3. The molecule has 1 amide bonds. The first-order chi connectivity index (χ1) is 10.3. The number of aromatic hydroxyl groups is 1. The van der Waals surface area contributed by atoms with Gasteiger partial charge in [0.25, 0.3) is 0 Å². The summed E-state index contributed by atoms with van der Waals surface area (Å²) in [7, 11) is 0. The van der Waals surface area contributed by atoms with Gasteiger partial charge in [-0.25, -0.2) is 4.79 Å². The van der Waals surface area contributed by atoms with Crippen LogP contribution in [0, 0.1) is 0 Å². The number of phenolic OH excluding ortho intramolecular Hbond substituents is 1. The maximum absolute atomic E-state index is 11.6. The lowest BCUT2D eigenvalue weighted by Crippen LogP contribution is -2.32. The van der Waals surface area contributed by atoms with E-state index in [1.165, 1.54) is 0 Å². The molecule has 0 aliphatic heterocycles. The lowest BCUT2D eigenvalue weighted by molar-refractivity contribution is 0.0523. The van der Waals surface area contributed by atoms with Crippen molar-refractivity contribution in [2.24, 2.45) is 0 Å². The van der Waals surface area contributed by atoms with Gasteiger partial charge in [0.2, 0.25) is 0 Å². The van der Waals surface area contributed by atoms with Gasteiger partial charge < -0.3 is 15.2 Å². The second-order valence-corrected chi connectivity index (χ2v) is 6.07. The van der Waals surface area contributed by atoms with Crippen LogP contribution in [0.5, 0.6) is 5.75 Å². The minimum atomic E-state index is -0.524. The summed E-state index contributed by atoms with van der Waals surface area (Å²) in [6.07, 6.45) is -0.473. The molecule has 0 bridgehead atoms. The van der Waals surface area contributed by atoms with E-state index in [1.807, 2.05) is 63.2 Å². The number of hydrogen-bond acceptors (Lipinski definition) is 3. The van der Waals surface area contributed by atoms with Crippen LogP contribution in [0.1, 0.15) is 26.3 Å². The number of alkyl carbamates (subject to hydrolysis) is 1. The summed E-state index contributed by atoms with van der Waals surface area (Å²) in [6.45, 7) is 5.74. The van der Waals surface area contributed by atoms with Crippen molar-refractivity contribution in [3.05, 3.63) is 54.1 Å². The number of carbonyl (C=O) groups is 1. The predicted octanol–water partition coefficient (Wildman–Crippen LogP) is 4.08. The SMILES string of the molecule is CC(C)(C)OC(=O)NCc1ccc(-c2ccccc2)c(O)c1. The monoisotopic (exact) mass is 299 g/mol. The highest BCUT2D eigenvalue weighted by Crippen LogP contribution is 2.29. The maximum Gasteiger partial charge on any atom is 0.407 e. The van der Waals surface area contributed by atoms with E-state index < -0.39 is 11.7 Å².